The molecular formula is C21H31N3O2. The molecule has 1 aliphatic carbocycles. The number of hydrogen-bond acceptors (Lipinski definition) is 2. The molecule has 0 N–H and O–H groups in total. The number of aromatic nitrogens is 1. The standard InChI is InChI=1S/C21H31N3O2/c1-4-24-15(2)12-18(16(24)3)19(25)23-11-9-21(14-23)8-5-10-22(20(21)26)13-17-6-7-17/h12,17H,4-11,13-14H2,1-3H3/t21-/m1/s1. The van der Waals surface area contributed by atoms with Crippen LogP contribution in [0.25, 0.3) is 0 Å². The fourth-order valence-electron chi connectivity index (χ4n) is 5.04. The van der Waals surface area contributed by atoms with Gasteiger partial charge in [0.1, 0.15) is 0 Å². The first kappa shape index (κ1) is 17.6. The minimum atomic E-state index is -0.320. The third kappa shape index (κ3) is 2.85. The molecule has 2 saturated heterocycles. The van der Waals surface area contributed by atoms with E-state index in [1.807, 2.05) is 17.9 Å². The maximum absolute atomic E-state index is 13.2. The van der Waals surface area contributed by atoms with E-state index in [2.05, 4.69) is 23.3 Å². The molecule has 3 heterocycles. The summed E-state index contributed by atoms with van der Waals surface area (Å²) in [5, 5.41) is 0. The second-order valence-corrected chi connectivity index (χ2v) is 8.58. The summed E-state index contributed by atoms with van der Waals surface area (Å²) in [6.45, 7) is 10.2. The largest absolute Gasteiger partial charge is 0.349 e. The van der Waals surface area contributed by atoms with Crippen molar-refractivity contribution in [3.8, 4) is 0 Å². The lowest BCUT2D eigenvalue weighted by molar-refractivity contribution is -0.145. The number of rotatable bonds is 4. The zero-order valence-corrected chi connectivity index (χ0v) is 16.4. The number of amides is 2. The van der Waals surface area contributed by atoms with Crippen molar-refractivity contribution in [3.05, 3.63) is 23.0 Å². The lowest BCUT2D eigenvalue weighted by Crippen LogP contribution is -2.51. The highest BCUT2D eigenvalue weighted by atomic mass is 16.2. The van der Waals surface area contributed by atoms with Crippen LogP contribution in [0.5, 0.6) is 0 Å². The molecular weight excluding hydrogens is 326 g/mol. The Hall–Kier alpha value is -1.78. The number of aryl methyl sites for hydroxylation is 1. The van der Waals surface area contributed by atoms with Gasteiger partial charge in [-0.25, -0.2) is 0 Å². The third-order valence-corrected chi connectivity index (χ3v) is 6.76. The second-order valence-electron chi connectivity index (χ2n) is 8.58. The maximum Gasteiger partial charge on any atom is 0.255 e. The summed E-state index contributed by atoms with van der Waals surface area (Å²) in [6.07, 6.45) is 5.38. The Morgan fingerprint density at radius 3 is 2.65 bits per heavy atom. The van der Waals surface area contributed by atoms with Crippen molar-refractivity contribution in [1.82, 2.24) is 14.4 Å². The summed E-state index contributed by atoms with van der Waals surface area (Å²) in [7, 11) is 0. The molecule has 26 heavy (non-hydrogen) atoms. The molecule has 5 nitrogen and oxygen atoms in total. The van der Waals surface area contributed by atoms with Gasteiger partial charge in [0.2, 0.25) is 5.91 Å². The lowest BCUT2D eigenvalue weighted by atomic mass is 9.78. The van der Waals surface area contributed by atoms with Crippen molar-refractivity contribution in [2.75, 3.05) is 26.2 Å². The van der Waals surface area contributed by atoms with Gasteiger partial charge in [0.25, 0.3) is 5.91 Å². The number of nitrogens with zero attached hydrogens (tertiary/aromatic N) is 3. The SMILES string of the molecule is CCn1c(C)cc(C(=O)N2CC[C@]3(CCCN(CC4CC4)C3=O)C2)c1C. The van der Waals surface area contributed by atoms with Crippen molar-refractivity contribution in [1.29, 1.82) is 0 Å². The molecule has 3 fully saturated rings. The molecule has 5 heteroatoms. The van der Waals surface area contributed by atoms with Gasteiger partial charge in [-0.2, -0.15) is 0 Å². The van der Waals surface area contributed by atoms with Crippen LogP contribution in [0.1, 0.15) is 60.8 Å². The minimum absolute atomic E-state index is 0.0989. The molecule has 1 aromatic rings. The molecule has 1 atom stereocenters. The molecule has 3 aliphatic rings. The van der Waals surface area contributed by atoms with Gasteiger partial charge in [-0.15, -0.1) is 0 Å². The Morgan fingerprint density at radius 2 is 2.00 bits per heavy atom. The summed E-state index contributed by atoms with van der Waals surface area (Å²) in [6, 6.07) is 2.01. The van der Waals surface area contributed by atoms with Gasteiger partial charge in [-0.05, 0) is 64.9 Å². The summed E-state index contributed by atoms with van der Waals surface area (Å²) in [5.41, 5.74) is 2.66. The quantitative estimate of drug-likeness (QED) is 0.832. The van der Waals surface area contributed by atoms with E-state index in [4.69, 9.17) is 0 Å². The maximum atomic E-state index is 13.2. The normalized spacial score (nSPS) is 26.2. The van der Waals surface area contributed by atoms with Crippen LogP contribution in [0.3, 0.4) is 0 Å². The van der Waals surface area contributed by atoms with Gasteiger partial charge in [-0.1, -0.05) is 0 Å². The molecule has 142 valence electrons. The molecule has 1 saturated carbocycles. The van der Waals surface area contributed by atoms with Crippen molar-refractivity contribution in [2.24, 2.45) is 11.3 Å². The van der Waals surface area contributed by atoms with Gasteiger partial charge < -0.3 is 14.4 Å². The highest BCUT2D eigenvalue weighted by molar-refractivity contribution is 5.97. The van der Waals surface area contributed by atoms with Crippen LogP contribution in [-0.2, 0) is 11.3 Å². The van der Waals surface area contributed by atoms with Gasteiger partial charge in [0.05, 0.1) is 11.0 Å². The van der Waals surface area contributed by atoms with Crippen LogP contribution in [0.15, 0.2) is 6.07 Å². The van der Waals surface area contributed by atoms with Gasteiger partial charge in [-0.3, -0.25) is 9.59 Å². The molecule has 1 spiro atoms. The van der Waals surface area contributed by atoms with E-state index in [0.717, 1.165) is 61.8 Å². The summed E-state index contributed by atoms with van der Waals surface area (Å²) in [4.78, 5) is 30.3. The van der Waals surface area contributed by atoms with Crippen LogP contribution >= 0.6 is 0 Å². The molecule has 0 radical (unpaired) electrons. The highest BCUT2D eigenvalue weighted by Crippen LogP contribution is 2.42. The number of hydrogen-bond donors (Lipinski definition) is 0. The first-order valence-corrected chi connectivity index (χ1v) is 10.2. The molecule has 4 rings (SSSR count). The predicted octanol–water partition coefficient (Wildman–Crippen LogP) is 2.99. The number of carbonyl (C=O) groups is 2. The third-order valence-electron chi connectivity index (χ3n) is 6.76. The Bertz CT molecular complexity index is 734. The highest BCUT2D eigenvalue weighted by Gasteiger charge is 2.50. The van der Waals surface area contributed by atoms with Crippen molar-refractivity contribution in [2.45, 2.75) is 59.4 Å². The fraction of sp³-hybridized carbons (Fsp3) is 0.714. The van der Waals surface area contributed by atoms with E-state index in [-0.39, 0.29) is 11.3 Å². The van der Waals surface area contributed by atoms with Crippen LogP contribution in [0.4, 0.5) is 0 Å². The van der Waals surface area contributed by atoms with E-state index in [0.29, 0.717) is 19.0 Å². The predicted molar refractivity (Wildman–Crippen MR) is 101 cm³/mol. The molecule has 2 amide bonds. The molecule has 2 aliphatic heterocycles. The lowest BCUT2D eigenvalue weighted by Gasteiger charge is -2.39. The zero-order chi connectivity index (χ0) is 18.5. The summed E-state index contributed by atoms with van der Waals surface area (Å²) >= 11 is 0. The van der Waals surface area contributed by atoms with Crippen LogP contribution in [0.2, 0.25) is 0 Å². The Kier molecular flexibility index (Phi) is 4.36. The summed E-state index contributed by atoms with van der Waals surface area (Å²) < 4.78 is 2.18. The Morgan fingerprint density at radius 1 is 1.23 bits per heavy atom. The van der Waals surface area contributed by atoms with E-state index in [1.165, 1.54) is 12.8 Å². The van der Waals surface area contributed by atoms with Gasteiger partial charge >= 0.3 is 0 Å². The average molecular weight is 357 g/mol. The monoisotopic (exact) mass is 357 g/mol. The topological polar surface area (TPSA) is 45.6 Å². The van der Waals surface area contributed by atoms with Crippen LogP contribution in [0, 0.1) is 25.2 Å². The average Bonchev–Trinajstić information content (AvgIpc) is 3.26. The van der Waals surface area contributed by atoms with Crippen molar-refractivity contribution >= 4 is 11.8 Å². The number of likely N-dealkylation sites (tertiary alicyclic amines) is 2. The molecule has 0 aromatic carbocycles. The number of piperidine rings is 1. The van der Waals surface area contributed by atoms with Gasteiger partial charge in [0.15, 0.2) is 0 Å². The van der Waals surface area contributed by atoms with Crippen LogP contribution < -0.4 is 0 Å². The zero-order valence-electron chi connectivity index (χ0n) is 16.4. The van der Waals surface area contributed by atoms with E-state index < -0.39 is 0 Å². The fourth-order valence-corrected chi connectivity index (χ4v) is 5.04. The molecule has 0 bridgehead atoms. The van der Waals surface area contributed by atoms with Crippen LogP contribution in [-0.4, -0.2) is 52.4 Å². The van der Waals surface area contributed by atoms with Crippen molar-refractivity contribution in [3.63, 3.8) is 0 Å². The Labute approximate surface area is 156 Å². The molecule has 0 unspecified atom stereocenters. The Balaban J connectivity index is 1.50. The second kappa shape index (κ2) is 6.43. The summed E-state index contributed by atoms with van der Waals surface area (Å²) in [5.74, 6) is 1.14. The van der Waals surface area contributed by atoms with Crippen molar-refractivity contribution < 1.29 is 9.59 Å². The van der Waals surface area contributed by atoms with E-state index in [9.17, 15) is 9.59 Å². The van der Waals surface area contributed by atoms with E-state index in [1.54, 1.807) is 0 Å². The van der Waals surface area contributed by atoms with Gasteiger partial charge in [0, 0.05) is 44.1 Å². The number of carbonyl (C=O) groups excluding carboxylic acids is 2. The minimum Gasteiger partial charge on any atom is -0.349 e. The first-order chi connectivity index (χ1) is 12.4. The molecule has 1 aromatic heterocycles. The smallest absolute Gasteiger partial charge is 0.255 e. The van der Waals surface area contributed by atoms with E-state index >= 15 is 0 Å². The first-order valence-electron chi connectivity index (χ1n) is 10.2.